The molecule has 0 fully saturated rings. The van der Waals surface area contributed by atoms with Crippen LogP contribution in [0, 0.1) is 0 Å². The molecule has 0 saturated heterocycles. The standard InChI is InChI=1S/C13H17NO5S/c1-8(15)10-4-5-12(19-3)11(6-10)7-20(17,18)9(2)13(14)16/h4-6,9H,7H2,1-3H3,(H2,14,16). The first-order chi connectivity index (χ1) is 9.19. The Labute approximate surface area is 117 Å². The van der Waals surface area contributed by atoms with Gasteiger partial charge in [-0.25, -0.2) is 8.42 Å². The van der Waals surface area contributed by atoms with Crippen molar-refractivity contribution in [1.29, 1.82) is 0 Å². The summed E-state index contributed by atoms with van der Waals surface area (Å²) in [5.74, 6) is -1.17. The van der Waals surface area contributed by atoms with Crippen molar-refractivity contribution in [2.75, 3.05) is 7.11 Å². The summed E-state index contributed by atoms with van der Waals surface area (Å²) in [7, 11) is -2.35. The van der Waals surface area contributed by atoms with Crippen LogP contribution in [0.5, 0.6) is 5.75 Å². The number of nitrogens with two attached hydrogens (primary N) is 1. The summed E-state index contributed by atoms with van der Waals surface area (Å²) in [5, 5.41) is -1.30. The fourth-order valence-corrected chi connectivity index (χ4v) is 2.89. The zero-order valence-electron chi connectivity index (χ0n) is 11.5. The monoisotopic (exact) mass is 299 g/mol. The SMILES string of the molecule is COc1ccc(C(C)=O)cc1CS(=O)(=O)C(C)C(N)=O. The molecule has 6 nitrogen and oxygen atoms in total. The van der Waals surface area contributed by atoms with Gasteiger partial charge in [-0.1, -0.05) is 0 Å². The lowest BCUT2D eigenvalue weighted by Gasteiger charge is -2.13. The van der Waals surface area contributed by atoms with Crippen LogP contribution in [0.25, 0.3) is 0 Å². The lowest BCUT2D eigenvalue weighted by molar-refractivity contribution is -0.117. The number of Topliss-reactive ketones (excluding diaryl/α,β-unsaturated/α-hetero) is 1. The number of primary amides is 1. The molecular weight excluding hydrogens is 282 g/mol. The van der Waals surface area contributed by atoms with Gasteiger partial charge in [-0.05, 0) is 32.0 Å². The van der Waals surface area contributed by atoms with Crippen LogP contribution in [0.1, 0.15) is 29.8 Å². The molecule has 110 valence electrons. The van der Waals surface area contributed by atoms with Crippen molar-refractivity contribution in [2.24, 2.45) is 5.73 Å². The number of ether oxygens (including phenoxy) is 1. The second-order valence-corrected chi connectivity index (χ2v) is 6.76. The highest BCUT2D eigenvalue weighted by molar-refractivity contribution is 7.92. The topological polar surface area (TPSA) is 104 Å². The summed E-state index contributed by atoms with van der Waals surface area (Å²) >= 11 is 0. The summed E-state index contributed by atoms with van der Waals surface area (Å²) in [6.45, 7) is 2.62. The van der Waals surface area contributed by atoms with Crippen molar-refractivity contribution >= 4 is 21.5 Å². The van der Waals surface area contributed by atoms with Crippen LogP contribution < -0.4 is 10.5 Å². The first kappa shape index (κ1) is 16.2. The van der Waals surface area contributed by atoms with E-state index in [-0.39, 0.29) is 5.78 Å². The Morgan fingerprint density at radius 1 is 1.35 bits per heavy atom. The van der Waals surface area contributed by atoms with E-state index in [0.717, 1.165) is 0 Å². The zero-order chi connectivity index (χ0) is 15.5. The van der Waals surface area contributed by atoms with Gasteiger partial charge in [0.05, 0.1) is 12.9 Å². The predicted molar refractivity (Wildman–Crippen MR) is 74.3 cm³/mol. The third kappa shape index (κ3) is 3.57. The minimum atomic E-state index is -3.75. The second kappa shape index (κ2) is 6.04. The summed E-state index contributed by atoms with van der Waals surface area (Å²) in [6.07, 6.45) is 0. The number of carbonyl (C=O) groups excluding carboxylic acids is 2. The van der Waals surface area contributed by atoms with Crippen molar-refractivity contribution in [3.05, 3.63) is 29.3 Å². The molecule has 1 rings (SSSR count). The normalized spacial score (nSPS) is 12.8. The van der Waals surface area contributed by atoms with Crippen molar-refractivity contribution in [3.8, 4) is 5.75 Å². The van der Waals surface area contributed by atoms with Gasteiger partial charge in [0.2, 0.25) is 5.91 Å². The summed E-state index contributed by atoms with van der Waals surface area (Å²) in [4.78, 5) is 22.4. The highest BCUT2D eigenvalue weighted by atomic mass is 32.2. The van der Waals surface area contributed by atoms with Crippen molar-refractivity contribution < 1.29 is 22.7 Å². The molecule has 0 spiro atoms. The maximum Gasteiger partial charge on any atom is 0.235 e. The van der Waals surface area contributed by atoms with Crippen LogP contribution in [0.3, 0.4) is 0 Å². The molecule has 1 aromatic rings. The van der Waals surface area contributed by atoms with Gasteiger partial charge in [-0.3, -0.25) is 9.59 Å². The molecule has 0 radical (unpaired) electrons. The number of benzene rings is 1. The summed E-state index contributed by atoms with van der Waals surface area (Å²) in [5.41, 5.74) is 5.73. The molecule has 20 heavy (non-hydrogen) atoms. The van der Waals surface area contributed by atoms with Crippen LogP contribution in [0.4, 0.5) is 0 Å². The van der Waals surface area contributed by atoms with Crippen LogP contribution in [-0.4, -0.2) is 32.5 Å². The number of ketones is 1. The fraction of sp³-hybridized carbons (Fsp3) is 0.385. The Morgan fingerprint density at radius 3 is 2.40 bits per heavy atom. The Hall–Kier alpha value is -1.89. The molecule has 0 bridgehead atoms. The average molecular weight is 299 g/mol. The molecule has 1 atom stereocenters. The Morgan fingerprint density at radius 2 is 1.95 bits per heavy atom. The number of amides is 1. The predicted octanol–water partition coefficient (Wildman–Crippen LogP) is 0.686. The molecule has 1 unspecified atom stereocenters. The fourth-order valence-electron chi connectivity index (χ4n) is 1.63. The van der Waals surface area contributed by atoms with Crippen LogP contribution in [-0.2, 0) is 20.4 Å². The highest BCUT2D eigenvalue weighted by Gasteiger charge is 2.27. The van der Waals surface area contributed by atoms with E-state index in [1.54, 1.807) is 6.07 Å². The molecule has 1 amide bonds. The number of sulfone groups is 1. The maximum atomic E-state index is 12.0. The number of carbonyl (C=O) groups is 2. The first-order valence-corrected chi connectivity index (χ1v) is 7.59. The van der Waals surface area contributed by atoms with Gasteiger partial charge in [-0.2, -0.15) is 0 Å². The third-order valence-electron chi connectivity index (χ3n) is 2.98. The van der Waals surface area contributed by atoms with Gasteiger partial charge >= 0.3 is 0 Å². The van der Waals surface area contributed by atoms with Gasteiger partial charge in [-0.15, -0.1) is 0 Å². The molecule has 0 heterocycles. The minimum Gasteiger partial charge on any atom is -0.496 e. The quantitative estimate of drug-likeness (QED) is 0.778. The maximum absolute atomic E-state index is 12.0. The van der Waals surface area contributed by atoms with Gasteiger partial charge in [0, 0.05) is 11.1 Å². The number of methoxy groups -OCH3 is 1. The highest BCUT2D eigenvalue weighted by Crippen LogP contribution is 2.24. The average Bonchev–Trinajstić information content (AvgIpc) is 2.36. The molecule has 0 saturated carbocycles. The van der Waals surface area contributed by atoms with E-state index in [4.69, 9.17) is 10.5 Å². The third-order valence-corrected chi connectivity index (χ3v) is 5.01. The number of hydrogen-bond donors (Lipinski definition) is 1. The van der Waals surface area contributed by atoms with Gasteiger partial charge < -0.3 is 10.5 Å². The molecule has 1 aromatic carbocycles. The van der Waals surface area contributed by atoms with E-state index in [0.29, 0.717) is 16.9 Å². The van der Waals surface area contributed by atoms with Crippen LogP contribution >= 0.6 is 0 Å². The van der Waals surface area contributed by atoms with Crippen molar-refractivity contribution in [1.82, 2.24) is 0 Å². The molecule has 0 aliphatic rings. The van der Waals surface area contributed by atoms with E-state index in [1.165, 1.54) is 33.1 Å². The molecule has 7 heteroatoms. The molecule has 0 aromatic heterocycles. The van der Waals surface area contributed by atoms with E-state index < -0.39 is 26.7 Å². The molecule has 0 aliphatic heterocycles. The van der Waals surface area contributed by atoms with E-state index in [9.17, 15) is 18.0 Å². The van der Waals surface area contributed by atoms with Gasteiger partial charge in [0.1, 0.15) is 11.0 Å². The lowest BCUT2D eigenvalue weighted by Crippen LogP contribution is -2.34. The Balaban J connectivity index is 3.22. The lowest BCUT2D eigenvalue weighted by atomic mass is 10.1. The van der Waals surface area contributed by atoms with E-state index >= 15 is 0 Å². The first-order valence-electron chi connectivity index (χ1n) is 5.87. The van der Waals surface area contributed by atoms with E-state index in [1.807, 2.05) is 0 Å². The van der Waals surface area contributed by atoms with Crippen molar-refractivity contribution in [2.45, 2.75) is 24.9 Å². The summed E-state index contributed by atoms with van der Waals surface area (Å²) < 4.78 is 29.2. The van der Waals surface area contributed by atoms with Crippen molar-refractivity contribution in [3.63, 3.8) is 0 Å². The second-order valence-electron chi connectivity index (χ2n) is 4.43. The molecular formula is C13H17NO5S. The minimum absolute atomic E-state index is 0.186. The smallest absolute Gasteiger partial charge is 0.235 e. The van der Waals surface area contributed by atoms with Crippen LogP contribution in [0.2, 0.25) is 0 Å². The number of hydrogen-bond acceptors (Lipinski definition) is 5. The molecule has 0 aliphatic carbocycles. The largest absolute Gasteiger partial charge is 0.496 e. The number of rotatable bonds is 6. The molecule has 2 N–H and O–H groups in total. The van der Waals surface area contributed by atoms with Gasteiger partial charge in [0.25, 0.3) is 0 Å². The van der Waals surface area contributed by atoms with Crippen LogP contribution in [0.15, 0.2) is 18.2 Å². The van der Waals surface area contributed by atoms with E-state index in [2.05, 4.69) is 0 Å². The Kier molecular flexibility index (Phi) is 4.88. The van der Waals surface area contributed by atoms with Gasteiger partial charge in [0.15, 0.2) is 15.6 Å². The Bertz CT molecular complexity index is 636. The zero-order valence-corrected chi connectivity index (χ0v) is 12.4. The summed E-state index contributed by atoms with van der Waals surface area (Å²) in [6, 6.07) is 4.53.